The van der Waals surface area contributed by atoms with Crippen molar-refractivity contribution in [2.75, 3.05) is 37.4 Å². The fourth-order valence-electron chi connectivity index (χ4n) is 5.66. The van der Waals surface area contributed by atoms with Crippen LogP contribution >= 0.6 is 0 Å². The highest BCUT2D eigenvalue weighted by atomic mass is 16.2. The van der Waals surface area contributed by atoms with Crippen molar-refractivity contribution in [3.05, 3.63) is 120 Å². The van der Waals surface area contributed by atoms with E-state index in [1.165, 1.54) is 5.56 Å². The van der Waals surface area contributed by atoms with E-state index in [0.717, 1.165) is 54.0 Å². The maximum absolute atomic E-state index is 13.3. The van der Waals surface area contributed by atoms with E-state index in [1.807, 2.05) is 92.7 Å². The molecular weight excluding hydrogens is 532 g/mol. The zero-order valence-electron chi connectivity index (χ0n) is 26.0. The molecule has 6 heteroatoms. The highest BCUT2D eigenvalue weighted by molar-refractivity contribution is 6.08. The van der Waals surface area contributed by atoms with Crippen LogP contribution in [-0.4, -0.2) is 49.9 Å². The van der Waals surface area contributed by atoms with Crippen LogP contribution < -0.4 is 15.5 Å². The fraction of sp³-hybridized carbons (Fsp3) is 0.297. The Kier molecular flexibility index (Phi) is 11.1. The number of amides is 2. The number of likely N-dealkylation sites (N-methyl/N-ethyl adjacent to an activating group) is 2. The van der Waals surface area contributed by atoms with E-state index in [4.69, 9.17) is 0 Å². The minimum Gasteiger partial charge on any atom is -0.370 e. The van der Waals surface area contributed by atoms with Gasteiger partial charge in [0.2, 0.25) is 5.91 Å². The number of aryl methyl sites for hydroxylation is 1. The first-order valence-electron chi connectivity index (χ1n) is 15.3. The van der Waals surface area contributed by atoms with Crippen LogP contribution in [0.25, 0.3) is 11.1 Å². The molecule has 1 heterocycles. The van der Waals surface area contributed by atoms with Gasteiger partial charge in [0, 0.05) is 50.2 Å². The van der Waals surface area contributed by atoms with Crippen LogP contribution in [-0.2, 0) is 11.2 Å². The summed E-state index contributed by atoms with van der Waals surface area (Å²) in [6.07, 6.45) is 1.95. The molecule has 0 radical (unpaired) electrons. The van der Waals surface area contributed by atoms with Crippen molar-refractivity contribution in [2.24, 2.45) is 0 Å². The van der Waals surface area contributed by atoms with Crippen LogP contribution in [0.2, 0.25) is 0 Å². The van der Waals surface area contributed by atoms with Crippen LogP contribution in [0.4, 0.5) is 11.4 Å². The van der Waals surface area contributed by atoms with Gasteiger partial charge in [-0.2, -0.15) is 0 Å². The van der Waals surface area contributed by atoms with Gasteiger partial charge in [-0.05, 0) is 65.4 Å². The molecule has 0 aromatic heterocycles. The van der Waals surface area contributed by atoms with E-state index >= 15 is 0 Å². The Hall–Kier alpha value is -4.42. The normalized spacial score (nSPS) is 15.1. The summed E-state index contributed by atoms with van der Waals surface area (Å²) in [6, 6.07) is 34.0. The zero-order chi connectivity index (χ0) is 30.8. The summed E-state index contributed by atoms with van der Waals surface area (Å²) in [7, 11) is 3.79. The smallest absolute Gasteiger partial charge is 0.256 e. The van der Waals surface area contributed by atoms with E-state index in [0.29, 0.717) is 5.56 Å². The van der Waals surface area contributed by atoms with Crippen molar-refractivity contribution in [3.63, 3.8) is 0 Å². The average Bonchev–Trinajstić information content (AvgIpc) is 3.56. The maximum atomic E-state index is 13.3. The molecule has 6 nitrogen and oxygen atoms in total. The first-order valence-corrected chi connectivity index (χ1v) is 15.3. The second-order valence-corrected chi connectivity index (χ2v) is 10.6. The van der Waals surface area contributed by atoms with Crippen LogP contribution in [0.5, 0.6) is 0 Å². The topological polar surface area (TPSA) is 64.7 Å². The van der Waals surface area contributed by atoms with Crippen LogP contribution in [0.3, 0.4) is 0 Å². The molecule has 1 saturated heterocycles. The summed E-state index contributed by atoms with van der Waals surface area (Å²) in [5.41, 5.74) is 6.70. The van der Waals surface area contributed by atoms with Crippen molar-refractivity contribution in [3.8, 4) is 11.1 Å². The zero-order valence-corrected chi connectivity index (χ0v) is 26.0. The molecule has 0 aliphatic carbocycles. The van der Waals surface area contributed by atoms with Gasteiger partial charge >= 0.3 is 0 Å². The van der Waals surface area contributed by atoms with Crippen molar-refractivity contribution in [1.82, 2.24) is 10.2 Å². The molecule has 5 rings (SSSR count). The Labute approximate surface area is 256 Å². The molecule has 0 saturated carbocycles. The number of nitrogens with zero attached hydrogens (tertiary/aromatic N) is 2. The molecule has 2 amide bonds. The molecule has 1 fully saturated rings. The van der Waals surface area contributed by atoms with Crippen molar-refractivity contribution in [1.29, 1.82) is 0 Å². The van der Waals surface area contributed by atoms with Gasteiger partial charge in [-0.1, -0.05) is 93.6 Å². The van der Waals surface area contributed by atoms with Gasteiger partial charge in [0.25, 0.3) is 5.91 Å². The molecule has 2 N–H and O–H groups in total. The van der Waals surface area contributed by atoms with Crippen LogP contribution in [0.1, 0.15) is 54.7 Å². The number of hydrogen-bond acceptors (Lipinski definition) is 4. The van der Waals surface area contributed by atoms with Crippen molar-refractivity contribution in [2.45, 2.75) is 45.7 Å². The number of carbonyl (C=O) groups excluding carboxylic acids is 2. The largest absolute Gasteiger partial charge is 0.370 e. The van der Waals surface area contributed by atoms with Gasteiger partial charge in [0.15, 0.2) is 0 Å². The van der Waals surface area contributed by atoms with Gasteiger partial charge < -0.3 is 15.5 Å². The third-order valence-electron chi connectivity index (χ3n) is 8.10. The van der Waals surface area contributed by atoms with Crippen LogP contribution in [0.15, 0.2) is 103 Å². The van der Waals surface area contributed by atoms with Gasteiger partial charge in [0.1, 0.15) is 6.04 Å². The summed E-state index contributed by atoms with van der Waals surface area (Å²) in [4.78, 5) is 30.6. The summed E-state index contributed by atoms with van der Waals surface area (Å²) in [5, 5.41) is 5.91. The first-order chi connectivity index (χ1) is 21.0. The van der Waals surface area contributed by atoms with E-state index in [1.54, 1.807) is 7.05 Å². The first kappa shape index (κ1) is 31.5. The van der Waals surface area contributed by atoms with Gasteiger partial charge in [0.05, 0.1) is 0 Å². The molecule has 1 aliphatic heterocycles. The lowest BCUT2D eigenvalue weighted by molar-refractivity contribution is -0.125. The lowest BCUT2D eigenvalue weighted by Gasteiger charge is -2.30. The van der Waals surface area contributed by atoms with Crippen molar-refractivity contribution >= 4 is 23.2 Å². The molecule has 1 aliphatic rings. The van der Waals surface area contributed by atoms with E-state index < -0.39 is 0 Å². The molecule has 2 atom stereocenters. The minimum atomic E-state index is -0.301. The Morgan fingerprint density at radius 2 is 1.53 bits per heavy atom. The van der Waals surface area contributed by atoms with E-state index in [-0.39, 0.29) is 23.9 Å². The second-order valence-electron chi connectivity index (χ2n) is 10.6. The monoisotopic (exact) mass is 576 g/mol. The number of carbonyl (C=O) groups is 2. The molecule has 224 valence electrons. The molecule has 4 aromatic rings. The molecule has 4 aromatic carbocycles. The number of hydrogen-bond donors (Lipinski definition) is 2. The Balaban J connectivity index is 0.00000207. The third-order valence-corrected chi connectivity index (χ3v) is 8.10. The Morgan fingerprint density at radius 3 is 2.19 bits per heavy atom. The summed E-state index contributed by atoms with van der Waals surface area (Å²) in [6.45, 7) is 7.77. The standard InChI is InChI=1S/C35H38N4O2.C2H6/c1-4-25-14-16-26(17-15-25)31-12-8-9-13-32(31)34(40)37-28-18-20-29(21-19-28)38(3)30-22-23-39(24-30)33(35(41)36-2)27-10-6-5-7-11-27;1-2/h5-21,30,33H,4,22-24H2,1-3H3,(H,36,41)(H,37,40);1-2H3. The van der Waals surface area contributed by atoms with Crippen LogP contribution in [0, 0.1) is 0 Å². The SMILES string of the molecule is CC.CCc1ccc(-c2ccccc2C(=O)Nc2ccc(N(C)C3CCN(C(C(=O)NC)c4ccccc4)C3)cc2)cc1. The summed E-state index contributed by atoms with van der Waals surface area (Å²) >= 11 is 0. The van der Waals surface area contributed by atoms with E-state index in [2.05, 4.69) is 58.7 Å². The highest BCUT2D eigenvalue weighted by Gasteiger charge is 2.34. The predicted molar refractivity (Wildman–Crippen MR) is 179 cm³/mol. The third kappa shape index (κ3) is 7.51. The Bertz CT molecular complexity index is 1470. The maximum Gasteiger partial charge on any atom is 0.256 e. The molecule has 0 spiro atoms. The molecule has 0 bridgehead atoms. The van der Waals surface area contributed by atoms with Gasteiger partial charge in [-0.25, -0.2) is 0 Å². The molecule has 43 heavy (non-hydrogen) atoms. The number of nitrogens with one attached hydrogen (secondary N) is 2. The number of anilines is 2. The lowest BCUT2D eigenvalue weighted by Crippen LogP contribution is -2.40. The molecular formula is C37H44N4O2. The van der Waals surface area contributed by atoms with Gasteiger partial charge in [-0.3, -0.25) is 14.5 Å². The second kappa shape index (κ2) is 15.2. The van der Waals surface area contributed by atoms with E-state index in [9.17, 15) is 9.59 Å². The lowest BCUT2D eigenvalue weighted by atomic mass is 9.98. The predicted octanol–water partition coefficient (Wildman–Crippen LogP) is 7.19. The van der Waals surface area contributed by atoms with Crippen molar-refractivity contribution < 1.29 is 9.59 Å². The average molecular weight is 577 g/mol. The number of benzene rings is 4. The molecule has 2 unspecified atom stereocenters. The number of likely N-dealkylation sites (tertiary alicyclic amines) is 1. The highest BCUT2D eigenvalue weighted by Crippen LogP contribution is 2.30. The summed E-state index contributed by atoms with van der Waals surface area (Å²) in [5.74, 6) is -0.118. The van der Waals surface area contributed by atoms with Gasteiger partial charge in [-0.15, -0.1) is 0 Å². The quantitative estimate of drug-likeness (QED) is 0.221. The number of rotatable bonds is 9. The fourth-order valence-corrected chi connectivity index (χ4v) is 5.66. The summed E-state index contributed by atoms with van der Waals surface area (Å²) < 4.78 is 0. The minimum absolute atomic E-state index is 0.0131. The Morgan fingerprint density at radius 1 is 0.884 bits per heavy atom.